The van der Waals surface area contributed by atoms with Crippen molar-refractivity contribution in [2.75, 3.05) is 22.4 Å². The highest BCUT2D eigenvalue weighted by atomic mass is 35.5. The maximum Gasteiger partial charge on any atom is 0.337 e. The molecule has 6 heterocycles. The van der Waals surface area contributed by atoms with Crippen LogP contribution in [0.1, 0.15) is 79.0 Å². The quantitative estimate of drug-likeness (QED) is 0.0485. The van der Waals surface area contributed by atoms with Crippen molar-refractivity contribution < 1.29 is 24.3 Å². The molecule has 0 radical (unpaired) electrons. The molecule has 10 rings (SSSR count). The fourth-order valence-corrected chi connectivity index (χ4v) is 12.6. The highest BCUT2D eigenvalue weighted by Crippen LogP contribution is 2.40. The summed E-state index contributed by atoms with van der Waals surface area (Å²) in [5, 5.41) is 19.8. The molecule has 4 unspecified atom stereocenters. The van der Waals surface area contributed by atoms with Gasteiger partial charge in [0.05, 0.1) is 45.3 Å². The third-order valence-corrected chi connectivity index (χ3v) is 16.8. The van der Waals surface area contributed by atoms with Crippen molar-refractivity contribution in [3.63, 3.8) is 0 Å². The van der Waals surface area contributed by atoms with Gasteiger partial charge in [-0.1, -0.05) is 132 Å². The van der Waals surface area contributed by atoms with E-state index in [-0.39, 0.29) is 73.7 Å². The first-order valence-electron chi connectivity index (χ1n) is 22.5. The number of thiocarbonyl (C=S) groups is 2. The van der Waals surface area contributed by atoms with E-state index < -0.39 is 12.0 Å². The van der Waals surface area contributed by atoms with E-state index in [0.29, 0.717) is 28.2 Å². The number of hydrogen-bond acceptors (Lipinski definition) is 15. The molecule has 1 amide bonds. The molecule has 6 aromatic rings. The van der Waals surface area contributed by atoms with Crippen molar-refractivity contribution in [3.05, 3.63) is 176 Å². The summed E-state index contributed by atoms with van der Waals surface area (Å²) in [5.74, 6) is 2.53. The average molecular weight is 1170 g/mol. The average Bonchev–Trinajstić information content (AvgIpc) is 3.89. The molecular weight excluding hydrogens is 1120 g/mol. The molecule has 10 N–H and O–H groups in total. The summed E-state index contributed by atoms with van der Waals surface area (Å²) in [6.07, 6.45) is 4.12. The minimum absolute atomic E-state index is 0. The number of fused-ring (bicyclic) bond motifs is 4. The predicted octanol–water partition coefficient (Wildman–Crippen LogP) is 9.70. The summed E-state index contributed by atoms with van der Waals surface area (Å²) in [5.41, 5.74) is 24.3. The summed E-state index contributed by atoms with van der Waals surface area (Å²) in [7, 11) is 0. The second-order valence-electron chi connectivity index (χ2n) is 16.3. The molecule has 0 spiro atoms. The second-order valence-corrected chi connectivity index (χ2v) is 22.2. The van der Waals surface area contributed by atoms with Crippen LogP contribution < -0.4 is 43.4 Å². The van der Waals surface area contributed by atoms with Crippen molar-refractivity contribution in [2.45, 2.75) is 58.3 Å². The molecule has 24 heteroatoms. The molecular formula is C50H47Cl3N10O5S6. The fraction of sp³-hybridized carbons (Fsp3) is 0.200. The standard InChI is InChI=1S/C25H22ClN5O2S3.C21H17ClN4O2S2.C4H7NOS.ClH/c26-18-11-15(23(32)28-19-9-10-35-24(19)33)12-27-22(18)30-31-25(34)29-21-16-6-2-1-5-14(16)13-36-20-8-4-3-7-17(20)21;22-16-9-13(20(27)28)10-23-19(16)25-26-21(29)24-18-14-6-2-1-5-12(14)11-30-17-8-4-3-7-15(17)18;5-3-1-2-7-4(3)6;/h1-8,11-12,19,21H,9-10,13H2,(H,27,30)(H,28,32)(H2,29,31,34);1-10,18H,11H2,(H,23,25)(H,27,28)(H2,24,26,29);3H,1-2,5H2;1H. The second kappa shape index (κ2) is 26.9. The number of thioether (sulfide) groups is 4. The van der Waals surface area contributed by atoms with Crippen LogP contribution >= 0.6 is 107 Å². The number of nitrogens with zero attached hydrogens (tertiary/aromatic N) is 2. The molecule has 0 bridgehead atoms. The Hall–Kier alpha value is -5.33. The van der Waals surface area contributed by atoms with Gasteiger partial charge in [-0.3, -0.25) is 36.1 Å². The fourth-order valence-electron chi connectivity index (χ4n) is 7.80. The minimum atomic E-state index is -1.09. The third-order valence-electron chi connectivity index (χ3n) is 11.5. The molecule has 15 nitrogen and oxygen atoms in total. The molecule has 0 aliphatic carbocycles. The number of aromatic carboxylic acids is 1. The van der Waals surface area contributed by atoms with Gasteiger partial charge in [0.25, 0.3) is 5.91 Å². The molecule has 4 aliphatic heterocycles. The largest absolute Gasteiger partial charge is 0.478 e. The van der Waals surface area contributed by atoms with Gasteiger partial charge in [-0.2, -0.15) is 0 Å². The number of aromatic nitrogens is 2. The Bertz CT molecular complexity index is 2980. The van der Waals surface area contributed by atoms with Crippen LogP contribution in [0.5, 0.6) is 0 Å². The maximum absolute atomic E-state index is 12.5. The number of halogens is 3. The lowest BCUT2D eigenvalue weighted by Gasteiger charge is -2.23. The molecule has 4 atom stereocenters. The van der Waals surface area contributed by atoms with Crippen molar-refractivity contribution in [2.24, 2.45) is 5.73 Å². The first-order chi connectivity index (χ1) is 35.3. The number of nitrogens with one attached hydrogen (secondary N) is 7. The highest BCUT2D eigenvalue weighted by molar-refractivity contribution is 8.14. The molecule has 384 valence electrons. The Balaban J connectivity index is 0.000000191. The van der Waals surface area contributed by atoms with E-state index in [4.69, 9.17) is 58.5 Å². The van der Waals surface area contributed by atoms with Crippen LogP contribution in [0.15, 0.2) is 131 Å². The zero-order chi connectivity index (χ0) is 51.4. The number of carbonyl (C=O) groups excluding carboxylic acids is 3. The maximum atomic E-state index is 12.5. The van der Waals surface area contributed by atoms with E-state index in [9.17, 15) is 19.2 Å². The zero-order valence-electron chi connectivity index (χ0n) is 38.8. The smallest absolute Gasteiger partial charge is 0.337 e. The van der Waals surface area contributed by atoms with Crippen molar-refractivity contribution in [1.29, 1.82) is 0 Å². The Kier molecular flexibility index (Phi) is 20.5. The van der Waals surface area contributed by atoms with Crippen LogP contribution in [0.25, 0.3) is 0 Å². The summed E-state index contributed by atoms with van der Waals surface area (Å²) >= 11 is 29.7. The van der Waals surface area contributed by atoms with Crippen LogP contribution in [0.3, 0.4) is 0 Å². The summed E-state index contributed by atoms with van der Waals surface area (Å²) in [4.78, 5) is 56.4. The number of hydrogen-bond donors (Lipinski definition) is 9. The molecule has 2 aromatic heterocycles. The van der Waals surface area contributed by atoms with Gasteiger partial charge < -0.3 is 26.8 Å². The van der Waals surface area contributed by atoms with Crippen LogP contribution in [-0.2, 0) is 21.1 Å². The number of benzene rings is 4. The molecule has 4 aliphatic rings. The predicted molar refractivity (Wildman–Crippen MR) is 310 cm³/mol. The number of carboxylic acids is 1. The highest BCUT2D eigenvalue weighted by Gasteiger charge is 2.29. The molecule has 2 saturated heterocycles. The number of hydrazine groups is 2. The van der Waals surface area contributed by atoms with E-state index in [2.05, 4.69) is 96.2 Å². The van der Waals surface area contributed by atoms with Gasteiger partial charge in [0, 0.05) is 45.2 Å². The number of carboxylic acid groups (broad SMARTS) is 1. The number of nitrogens with two attached hydrogens (primary N) is 1. The lowest BCUT2D eigenvalue weighted by atomic mass is 9.95. The molecule has 2 fully saturated rings. The Labute approximate surface area is 471 Å². The first kappa shape index (κ1) is 56.4. The van der Waals surface area contributed by atoms with Crippen LogP contribution in [0.2, 0.25) is 10.0 Å². The summed E-state index contributed by atoms with van der Waals surface area (Å²) < 4.78 is 0. The van der Waals surface area contributed by atoms with Gasteiger partial charge in [0.15, 0.2) is 21.9 Å². The number of rotatable bonds is 9. The molecule has 0 saturated carbocycles. The normalized spacial score (nSPS) is 17.9. The van der Waals surface area contributed by atoms with Gasteiger partial charge in [-0.25, -0.2) is 14.8 Å². The van der Waals surface area contributed by atoms with Gasteiger partial charge in [-0.05, 0) is 94.9 Å². The summed E-state index contributed by atoms with van der Waals surface area (Å²) in [6, 6.07) is 35.2. The lowest BCUT2D eigenvalue weighted by Crippen LogP contribution is -2.41. The van der Waals surface area contributed by atoms with E-state index in [0.717, 1.165) is 34.8 Å². The Morgan fingerprint density at radius 2 is 1.05 bits per heavy atom. The SMILES string of the molecule is Cl.NC1CCSC1=O.O=C(NC1CCSC1=O)c1cnc(NNC(=S)NC2c3ccccc3CSc3ccccc32)c(Cl)c1.O=C(O)c1cnc(NNC(=S)NC2c3ccccc3CSc3ccccc32)c(Cl)c1. The van der Waals surface area contributed by atoms with E-state index in [1.54, 1.807) is 11.8 Å². The van der Waals surface area contributed by atoms with Gasteiger partial charge in [0.1, 0.15) is 0 Å². The topological polar surface area (TPSA) is 225 Å². The van der Waals surface area contributed by atoms with Crippen LogP contribution in [-0.4, -0.2) is 71.0 Å². The van der Waals surface area contributed by atoms with Gasteiger partial charge in [0.2, 0.25) is 10.2 Å². The van der Waals surface area contributed by atoms with Crippen molar-refractivity contribution >= 4 is 151 Å². The zero-order valence-corrected chi connectivity index (χ0v) is 46.0. The number of amides is 1. The molecule has 4 aromatic carbocycles. The number of anilines is 2. The van der Waals surface area contributed by atoms with E-state index in [1.807, 2.05) is 60.3 Å². The van der Waals surface area contributed by atoms with Crippen LogP contribution in [0, 0.1) is 0 Å². The monoisotopic (exact) mass is 1160 g/mol. The molecule has 74 heavy (non-hydrogen) atoms. The van der Waals surface area contributed by atoms with Gasteiger partial charge >= 0.3 is 5.97 Å². The Morgan fingerprint density at radius 1 is 0.608 bits per heavy atom. The Morgan fingerprint density at radius 3 is 1.49 bits per heavy atom. The first-order valence-corrected chi connectivity index (χ1v) is 28.0. The summed E-state index contributed by atoms with van der Waals surface area (Å²) in [6.45, 7) is 0. The van der Waals surface area contributed by atoms with E-state index >= 15 is 0 Å². The third kappa shape index (κ3) is 14.5. The number of carbonyl (C=O) groups is 4. The van der Waals surface area contributed by atoms with Crippen molar-refractivity contribution in [3.8, 4) is 0 Å². The lowest BCUT2D eigenvalue weighted by molar-refractivity contribution is -0.112. The van der Waals surface area contributed by atoms with E-state index in [1.165, 1.54) is 80.1 Å². The number of pyridine rings is 2. The minimum Gasteiger partial charge on any atom is -0.478 e. The van der Waals surface area contributed by atoms with Gasteiger partial charge in [-0.15, -0.1) is 35.9 Å². The van der Waals surface area contributed by atoms with Crippen LogP contribution in [0.4, 0.5) is 11.6 Å². The van der Waals surface area contributed by atoms with Crippen molar-refractivity contribution in [1.82, 2.24) is 36.8 Å².